The average molecular weight is 401 g/mol. The molecular formula is C22H32N4OS. The zero-order chi connectivity index (χ0) is 20.0. The molecule has 28 heavy (non-hydrogen) atoms. The molecule has 0 bridgehead atoms. The van der Waals surface area contributed by atoms with Crippen molar-refractivity contribution >= 4 is 17.3 Å². The molecule has 1 heterocycles. The molecule has 0 atom stereocenters. The minimum Gasteiger partial charge on any atom is -0.478 e. The Morgan fingerprint density at radius 1 is 1.07 bits per heavy atom. The lowest BCUT2D eigenvalue weighted by atomic mass is 10.1. The Balaban J connectivity index is 2.06. The van der Waals surface area contributed by atoms with Gasteiger partial charge in [0.2, 0.25) is 5.88 Å². The number of unbranched alkanes of at least 4 members (excludes halogenated alkanes) is 5. The van der Waals surface area contributed by atoms with Gasteiger partial charge in [0.05, 0.1) is 23.8 Å². The number of nitrogens with one attached hydrogen (secondary N) is 1. The van der Waals surface area contributed by atoms with Crippen molar-refractivity contribution in [2.24, 2.45) is 4.99 Å². The van der Waals surface area contributed by atoms with Crippen LogP contribution in [0.25, 0.3) is 5.69 Å². The zero-order valence-electron chi connectivity index (χ0n) is 17.1. The van der Waals surface area contributed by atoms with Gasteiger partial charge in [0, 0.05) is 12.6 Å². The molecule has 0 spiro atoms. The number of thiocarbonyl (C=S) groups is 1. The molecule has 0 saturated heterocycles. The van der Waals surface area contributed by atoms with Gasteiger partial charge in [-0.05, 0) is 37.2 Å². The van der Waals surface area contributed by atoms with Gasteiger partial charge in [0.15, 0.2) is 5.11 Å². The van der Waals surface area contributed by atoms with Crippen molar-refractivity contribution in [3.05, 3.63) is 48.0 Å². The first-order valence-electron chi connectivity index (χ1n) is 10.3. The predicted octanol–water partition coefficient (Wildman–Crippen LogP) is 4.80. The minimum atomic E-state index is 0.495. The van der Waals surface area contributed by atoms with E-state index in [-0.39, 0.29) is 0 Å². The average Bonchev–Trinajstić information content (AvgIpc) is 2.72. The Bertz CT molecular complexity index is 774. The lowest BCUT2D eigenvalue weighted by Crippen LogP contribution is -2.24. The van der Waals surface area contributed by atoms with E-state index in [0.29, 0.717) is 23.0 Å². The molecule has 2 aromatic rings. The van der Waals surface area contributed by atoms with E-state index in [9.17, 15) is 0 Å². The molecule has 2 rings (SSSR count). The summed E-state index contributed by atoms with van der Waals surface area (Å²) in [4.78, 5) is 4.48. The molecule has 0 aliphatic heterocycles. The highest BCUT2D eigenvalue weighted by Gasteiger charge is 2.05. The third kappa shape index (κ3) is 7.80. The molecule has 0 aliphatic carbocycles. The number of nitrogens with zero attached hydrogens (tertiary/aromatic N) is 3. The number of para-hydroxylation sites is 1. The molecule has 0 amide bonds. The van der Waals surface area contributed by atoms with Crippen LogP contribution in [0.5, 0.6) is 5.88 Å². The first-order chi connectivity index (χ1) is 13.7. The van der Waals surface area contributed by atoms with E-state index < -0.39 is 0 Å². The van der Waals surface area contributed by atoms with Crippen LogP contribution in [0.3, 0.4) is 0 Å². The van der Waals surface area contributed by atoms with Crippen LogP contribution >= 0.6 is 12.2 Å². The van der Waals surface area contributed by atoms with Crippen LogP contribution in [0.1, 0.15) is 58.8 Å². The third-order valence-electron chi connectivity index (χ3n) is 4.32. The second kappa shape index (κ2) is 13.0. The summed E-state index contributed by atoms with van der Waals surface area (Å²) in [6.45, 7) is 5.87. The molecule has 0 radical (unpaired) electrons. The quantitative estimate of drug-likeness (QED) is 0.435. The van der Waals surface area contributed by atoms with Gasteiger partial charge in [-0.1, -0.05) is 64.2 Å². The van der Waals surface area contributed by atoms with Crippen LogP contribution in [0.2, 0.25) is 0 Å². The summed E-state index contributed by atoms with van der Waals surface area (Å²) in [5, 5.41) is 8.93. The Labute approximate surface area is 173 Å². The topological polar surface area (TPSA) is 51.4 Å². The zero-order valence-corrected chi connectivity index (χ0v) is 17.9. The summed E-state index contributed by atoms with van der Waals surface area (Å²) in [7, 11) is 0. The maximum absolute atomic E-state index is 5.97. The molecule has 1 N–H and O–H groups in total. The normalized spacial score (nSPS) is 11.4. The van der Waals surface area contributed by atoms with E-state index >= 15 is 0 Å². The number of hydrogen-bond acceptors (Lipinski definition) is 3. The van der Waals surface area contributed by atoms with Crippen LogP contribution in [0.15, 0.2) is 47.6 Å². The van der Waals surface area contributed by atoms with Crippen molar-refractivity contribution in [3.63, 3.8) is 0 Å². The highest BCUT2D eigenvalue weighted by atomic mass is 32.1. The predicted molar refractivity (Wildman–Crippen MR) is 119 cm³/mol. The van der Waals surface area contributed by atoms with E-state index in [0.717, 1.165) is 31.5 Å². The summed E-state index contributed by atoms with van der Waals surface area (Å²) in [6.07, 6.45) is 9.96. The van der Waals surface area contributed by atoms with Crippen molar-refractivity contribution in [3.8, 4) is 11.6 Å². The van der Waals surface area contributed by atoms with Gasteiger partial charge in [-0.25, -0.2) is 9.67 Å². The standard InChI is InChI=1S/C22H32N4OS/c1-3-5-7-8-12-15-23-22(28)25-19-17-21(27-16-6-4-2)26(24-18-19)20-13-10-9-11-14-20/h9-11,13-14,17-18H,3-8,12,15-16H2,1-2H3,(H,23,28)/b25-19-. The molecule has 5 nitrogen and oxygen atoms in total. The summed E-state index contributed by atoms with van der Waals surface area (Å²) < 4.78 is 7.76. The van der Waals surface area contributed by atoms with Crippen LogP contribution in [-0.4, -0.2) is 28.0 Å². The van der Waals surface area contributed by atoms with Gasteiger partial charge in [0.1, 0.15) is 0 Å². The Hall–Kier alpha value is -2.21. The van der Waals surface area contributed by atoms with Crippen molar-refractivity contribution in [2.45, 2.75) is 58.8 Å². The Morgan fingerprint density at radius 3 is 2.57 bits per heavy atom. The summed E-state index contributed by atoms with van der Waals surface area (Å²) in [5.41, 5.74) is 0.952. The van der Waals surface area contributed by atoms with E-state index in [1.165, 1.54) is 25.7 Å². The monoisotopic (exact) mass is 400 g/mol. The summed E-state index contributed by atoms with van der Waals surface area (Å²) in [5.74, 6) is 0.670. The second-order valence-corrected chi connectivity index (χ2v) is 7.15. The summed E-state index contributed by atoms with van der Waals surface area (Å²) >= 11 is 5.36. The van der Waals surface area contributed by atoms with Gasteiger partial charge in [0.25, 0.3) is 0 Å². The smallest absolute Gasteiger partial charge is 0.217 e. The molecule has 1 aromatic carbocycles. The minimum absolute atomic E-state index is 0.495. The second-order valence-electron chi connectivity index (χ2n) is 6.76. The van der Waals surface area contributed by atoms with Gasteiger partial charge in [-0.2, -0.15) is 5.10 Å². The lowest BCUT2D eigenvalue weighted by Gasteiger charge is -2.13. The number of aromatic nitrogens is 2. The van der Waals surface area contributed by atoms with Crippen LogP contribution in [-0.2, 0) is 0 Å². The van der Waals surface area contributed by atoms with Gasteiger partial charge >= 0.3 is 0 Å². The first-order valence-corrected chi connectivity index (χ1v) is 10.8. The highest BCUT2D eigenvalue weighted by molar-refractivity contribution is 7.80. The van der Waals surface area contributed by atoms with Gasteiger partial charge < -0.3 is 10.1 Å². The summed E-state index contributed by atoms with van der Waals surface area (Å²) in [6, 6.07) is 11.8. The maximum Gasteiger partial charge on any atom is 0.217 e. The van der Waals surface area contributed by atoms with Crippen LogP contribution < -0.4 is 15.4 Å². The largest absolute Gasteiger partial charge is 0.478 e. The number of ether oxygens (including phenoxy) is 1. The van der Waals surface area contributed by atoms with Crippen molar-refractivity contribution < 1.29 is 4.74 Å². The molecule has 0 fully saturated rings. The van der Waals surface area contributed by atoms with Crippen molar-refractivity contribution in [2.75, 3.05) is 13.2 Å². The molecule has 0 aliphatic rings. The molecule has 0 saturated carbocycles. The third-order valence-corrected chi connectivity index (χ3v) is 4.56. The Kier molecular flexibility index (Phi) is 10.3. The van der Waals surface area contributed by atoms with Crippen LogP contribution in [0, 0.1) is 0 Å². The molecular weight excluding hydrogens is 368 g/mol. The number of rotatable bonds is 11. The molecule has 0 unspecified atom stereocenters. The van der Waals surface area contributed by atoms with E-state index in [2.05, 4.69) is 29.3 Å². The molecule has 152 valence electrons. The van der Waals surface area contributed by atoms with E-state index in [1.54, 1.807) is 10.9 Å². The fourth-order valence-electron chi connectivity index (χ4n) is 2.73. The maximum atomic E-state index is 5.97. The number of hydrogen-bond donors (Lipinski definition) is 1. The molecule has 6 heteroatoms. The fraction of sp³-hybridized carbons (Fsp3) is 0.500. The Morgan fingerprint density at radius 2 is 1.82 bits per heavy atom. The highest BCUT2D eigenvalue weighted by Crippen LogP contribution is 2.14. The number of benzene rings is 1. The fourth-order valence-corrected chi connectivity index (χ4v) is 2.93. The van der Waals surface area contributed by atoms with Gasteiger partial charge in [-0.3, -0.25) is 0 Å². The van der Waals surface area contributed by atoms with E-state index in [4.69, 9.17) is 17.0 Å². The van der Waals surface area contributed by atoms with Crippen LogP contribution in [0.4, 0.5) is 0 Å². The van der Waals surface area contributed by atoms with Crippen molar-refractivity contribution in [1.82, 2.24) is 15.1 Å². The lowest BCUT2D eigenvalue weighted by molar-refractivity contribution is 0.284. The first kappa shape index (κ1) is 22.1. The van der Waals surface area contributed by atoms with Crippen molar-refractivity contribution in [1.29, 1.82) is 0 Å². The van der Waals surface area contributed by atoms with Gasteiger partial charge in [-0.15, -0.1) is 0 Å². The van der Waals surface area contributed by atoms with E-state index in [1.807, 2.05) is 36.4 Å². The molecule has 1 aromatic heterocycles. The SMILES string of the molecule is CCCCCCCNC(=S)/N=c1\cnn(-c2ccccc2)c(OCCCC)c1.